The lowest BCUT2D eigenvalue weighted by Crippen LogP contribution is -2.31. The quantitative estimate of drug-likeness (QED) is 0.822. The molecule has 1 aliphatic carbocycles. The Morgan fingerprint density at radius 1 is 1.12 bits per heavy atom. The molecule has 2 heterocycles. The molecule has 4 unspecified atom stereocenters. The molecule has 0 spiro atoms. The largest absolute Gasteiger partial charge is 0.384 e. The van der Waals surface area contributed by atoms with Crippen molar-refractivity contribution in [3.05, 3.63) is 59.7 Å². The molecule has 130 valence electrons. The number of fused-ring (bicyclic) bond motifs is 1. The molecular formula is C22H26N2S. The zero-order valence-corrected chi connectivity index (χ0v) is 15.6. The molecule has 1 saturated heterocycles. The summed E-state index contributed by atoms with van der Waals surface area (Å²) in [5.41, 5.74) is 4.66. The number of thioether (sulfide) groups is 1. The number of nitrogens with zero attached hydrogens (tertiary/aromatic N) is 1. The maximum Gasteiger partial charge on any atom is 0.0379 e. The minimum atomic E-state index is 0.712. The van der Waals surface area contributed by atoms with Crippen molar-refractivity contribution in [2.45, 2.75) is 29.7 Å². The zero-order chi connectivity index (χ0) is 16.8. The van der Waals surface area contributed by atoms with Crippen LogP contribution in [0.5, 0.6) is 0 Å². The molecule has 1 N–H and O–H groups in total. The number of hydrogen-bond acceptors (Lipinski definition) is 3. The maximum absolute atomic E-state index is 3.64. The molecule has 25 heavy (non-hydrogen) atoms. The number of hydrogen-bond donors (Lipinski definition) is 1. The highest BCUT2D eigenvalue weighted by Gasteiger charge is 2.44. The number of rotatable bonds is 3. The van der Waals surface area contributed by atoms with E-state index >= 15 is 0 Å². The van der Waals surface area contributed by atoms with Crippen LogP contribution in [0.2, 0.25) is 0 Å². The third-order valence-corrected chi connectivity index (χ3v) is 7.72. The van der Waals surface area contributed by atoms with Crippen LogP contribution in [0.3, 0.4) is 0 Å². The van der Waals surface area contributed by atoms with Gasteiger partial charge in [-0.25, -0.2) is 0 Å². The van der Waals surface area contributed by atoms with E-state index in [-0.39, 0.29) is 0 Å². The van der Waals surface area contributed by atoms with E-state index < -0.39 is 0 Å². The van der Waals surface area contributed by atoms with E-state index in [1.54, 1.807) is 11.1 Å². The monoisotopic (exact) mass is 350 g/mol. The normalized spacial score (nSPS) is 30.4. The Bertz CT molecular complexity index is 760. The third kappa shape index (κ3) is 2.78. The van der Waals surface area contributed by atoms with Gasteiger partial charge >= 0.3 is 0 Å². The van der Waals surface area contributed by atoms with Crippen LogP contribution in [-0.4, -0.2) is 36.8 Å². The van der Waals surface area contributed by atoms with Crippen molar-refractivity contribution in [1.82, 2.24) is 4.90 Å². The SMILES string of the molecule is CN1CC(CSc2ccccc2)C2Cc3cccc4c3C(CN4)CC21. The smallest absolute Gasteiger partial charge is 0.0379 e. The zero-order valence-electron chi connectivity index (χ0n) is 14.8. The predicted molar refractivity (Wildman–Crippen MR) is 107 cm³/mol. The Morgan fingerprint density at radius 2 is 2.00 bits per heavy atom. The molecule has 0 aromatic heterocycles. The molecule has 0 amide bonds. The van der Waals surface area contributed by atoms with Crippen molar-refractivity contribution in [2.24, 2.45) is 11.8 Å². The van der Waals surface area contributed by atoms with Gasteiger partial charge in [0.2, 0.25) is 0 Å². The van der Waals surface area contributed by atoms with Crippen LogP contribution in [0.1, 0.15) is 23.5 Å². The van der Waals surface area contributed by atoms with Gasteiger partial charge in [0.1, 0.15) is 0 Å². The maximum atomic E-state index is 3.64. The van der Waals surface area contributed by atoms with Gasteiger partial charge in [-0.3, -0.25) is 0 Å². The summed E-state index contributed by atoms with van der Waals surface area (Å²) >= 11 is 2.04. The molecular weight excluding hydrogens is 324 g/mol. The van der Waals surface area contributed by atoms with Gasteiger partial charge in [-0.05, 0) is 61.1 Å². The van der Waals surface area contributed by atoms with E-state index in [4.69, 9.17) is 0 Å². The van der Waals surface area contributed by atoms with Gasteiger partial charge < -0.3 is 10.2 Å². The van der Waals surface area contributed by atoms with E-state index in [1.807, 2.05) is 11.8 Å². The van der Waals surface area contributed by atoms with Crippen molar-refractivity contribution >= 4 is 17.4 Å². The Labute approximate surface area is 155 Å². The number of benzene rings is 2. The fourth-order valence-electron chi connectivity index (χ4n) is 5.34. The molecule has 4 atom stereocenters. The van der Waals surface area contributed by atoms with E-state index in [9.17, 15) is 0 Å². The molecule has 2 nitrogen and oxygen atoms in total. The van der Waals surface area contributed by atoms with Gasteiger partial charge in [0, 0.05) is 41.4 Å². The summed E-state index contributed by atoms with van der Waals surface area (Å²) in [4.78, 5) is 4.07. The van der Waals surface area contributed by atoms with Crippen molar-refractivity contribution in [3.63, 3.8) is 0 Å². The average Bonchev–Trinajstić information content (AvgIpc) is 3.12. The van der Waals surface area contributed by atoms with Crippen molar-refractivity contribution in [1.29, 1.82) is 0 Å². The van der Waals surface area contributed by atoms with E-state index in [2.05, 4.69) is 65.8 Å². The van der Waals surface area contributed by atoms with Crippen molar-refractivity contribution in [3.8, 4) is 0 Å². The topological polar surface area (TPSA) is 15.3 Å². The lowest BCUT2D eigenvalue weighted by atomic mass is 9.86. The van der Waals surface area contributed by atoms with Crippen molar-refractivity contribution < 1.29 is 0 Å². The Balaban J connectivity index is 1.39. The first-order valence-corrected chi connectivity index (χ1v) is 10.5. The van der Waals surface area contributed by atoms with E-state index in [1.165, 1.54) is 35.7 Å². The fourth-order valence-corrected chi connectivity index (χ4v) is 6.45. The second kappa shape index (κ2) is 6.37. The van der Waals surface area contributed by atoms with Gasteiger partial charge in [0.25, 0.3) is 0 Å². The first-order chi connectivity index (χ1) is 12.3. The van der Waals surface area contributed by atoms with E-state index in [0.717, 1.165) is 24.4 Å². The number of anilines is 1. The van der Waals surface area contributed by atoms with Crippen LogP contribution >= 0.6 is 11.8 Å². The highest BCUT2D eigenvalue weighted by Crippen LogP contribution is 2.47. The minimum absolute atomic E-state index is 0.712. The number of nitrogens with one attached hydrogen (secondary N) is 1. The lowest BCUT2D eigenvalue weighted by Gasteiger charge is -2.26. The molecule has 0 saturated carbocycles. The molecule has 2 aromatic rings. The lowest BCUT2D eigenvalue weighted by molar-refractivity contribution is 0.249. The number of likely N-dealkylation sites (tertiary alicyclic amines) is 1. The summed E-state index contributed by atoms with van der Waals surface area (Å²) < 4.78 is 0. The van der Waals surface area contributed by atoms with Gasteiger partial charge in [-0.1, -0.05) is 30.3 Å². The highest BCUT2D eigenvalue weighted by atomic mass is 32.2. The predicted octanol–water partition coefficient (Wildman–Crippen LogP) is 4.48. The molecule has 3 heteroatoms. The summed E-state index contributed by atoms with van der Waals surface area (Å²) in [6, 6.07) is 18.6. The first-order valence-electron chi connectivity index (χ1n) is 9.53. The van der Waals surface area contributed by atoms with Crippen LogP contribution < -0.4 is 5.32 Å². The van der Waals surface area contributed by atoms with Gasteiger partial charge in [0.05, 0.1) is 0 Å². The summed E-state index contributed by atoms with van der Waals surface area (Å²) in [7, 11) is 2.35. The fraction of sp³-hybridized carbons (Fsp3) is 0.455. The molecule has 1 fully saturated rings. The Kier molecular flexibility index (Phi) is 4.02. The molecule has 0 radical (unpaired) electrons. The van der Waals surface area contributed by atoms with Crippen molar-refractivity contribution in [2.75, 3.05) is 31.2 Å². The highest BCUT2D eigenvalue weighted by molar-refractivity contribution is 7.99. The Hall–Kier alpha value is -1.45. The average molecular weight is 351 g/mol. The molecule has 2 aliphatic heterocycles. The van der Waals surface area contributed by atoms with E-state index in [0.29, 0.717) is 5.92 Å². The van der Waals surface area contributed by atoms with Crippen LogP contribution in [0.15, 0.2) is 53.4 Å². The van der Waals surface area contributed by atoms with Crippen LogP contribution in [0.25, 0.3) is 0 Å². The molecule has 3 aliphatic rings. The molecule has 0 bridgehead atoms. The van der Waals surface area contributed by atoms with Crippen LogP contribution in [0, 0.1) is 11.8 Å². The standard InChI is InChI=1S/C22H26N2S/c1-24-13-17(14-25-18-7-3-2-4-8-18)19-10-15-6-5-9-20-22(15)16(12-23-20)11-21(19)24/h2-9,16-17,19,21,23H,10-14H2,1H3. The summed E-state index contributed by atoms with van der Waals surface area (Å²) in [5.74, 6) is 3.55. The second-order valence-corrected chi connectivity index (χ2v) is 9.04. The molecule has 5 rings (SSSR count). The third-order valence-electron chi connectivity index (χ3n) is 6.52. The Morgan fingerprint density at radius 3 is 2.88 bits per heavy atom. The summed E-state index contributed by atoms with van der Waals surface area (Å²) in [6.45, 7) is 2.39. The minimum Gasteiger partial charge on any atom is -0.384 e. The molecule has 2 aromatic carbocycles. The van der Waals surface area contributed by atoms with Crippen LogP contribution in [0.4, 0.5) is 5.69 Å². The van der Waals surface area contributed by atoms with Gasteiger partial charge in [-0.15, -0.1) is 11.8 Å². The van der Waals surface area contributed by atoms with Gasteiger partial charge in [-0.2, -0.15) is 0 Å². The summed E-state index contributed by atoms with van der Waals surface area (Å²) in [5, 5.41) is 3.64. The second-order valence-electron chi connectivity index (χ2n) is 7.95. The summed E-state index contributed by atoms with van der Waals surface area (Å²) in [6.07, 6.45) is 2.58. The van der Waals surface area contributed by atoms with Crippen LogP contribution in [-0.2, 0) is 6.42 Å². The van der Waals surface area contributed by atoms with Gasteiger partial charge in [0.15, 0.2) is 0 Å². The first kappa shape index (κ1) is 15.8.